The highest BCUT2D eigenvalue weighted by Crippen LogP contribution is 2.50. The van der Waals surface area contributed by atoms with Crippen molar-refractivity contribution < 1.29 is 28.4 Å². The van der Waals surface area contributed by atoms with Crippen LogP contribution in [0.1, 0.15) is 96.9 Å². The lowest BCUT2D eigenvalue weighted by molar-refractivity contribution is -0.0896. The third-order valence-corrected chi connectivity index (χ3v) is 17.5. The third-order valence-electron chi connectivity index (χ3n) is 14.2. The van der Waals surface area contributed by atoms with E-state index in [1.165, 1.54) is 10.1 Å². The van der Waals surface area contributed by atoms with Gasteiger partial charge in [0.15, 0.2) is 5.84 Å². The van der Waals surface area contributed by atoms with E-state index in [-0.39, 0.29) is 17.4 Å². The van der Waals surface area contributed by atoms with Gasteiger partial charge in [0.2, 0.25) is 0 Å². The fourth-order valence-electron chi connectivity index (χ4n) is 10.4. The van der Waals surface area contributed by atoms with E-state index >= 15 is 9.18 Å². The minimum atomic E-state index is -2.64. The quantitative estimate of drug-likeness (QED) is 0.117. The van der Waals surface area contributed by atoms with Crippen molar-refractivity contribution in [2.24, 2.45) is 5.16 Å². The van der Waals surface area contributed by atoms with Crippen LogP contribution in [0.3, 0.4) is 0 Å². The molecule has 0 bridgehead atoms. The second-order valence-electron chi connectivity index (χ2n) is 17.9. The number of imidazole rings is 1. The van der Waals surface area contributed by atoms with Crippen LogP contribution in [0, 0.1) is 19.7 Å². The number of nitrogens with zero attached hydrogens (tertiary/aromatic N) is 7. The second kappa shape index (κ2) is 16.2. The lowest BCUT2D eigenvalue weighted by Crippen LogP contribution is -2.44. The molecule has 6 aromatic rings. The van der Waals surface area contributed by atoms with E-state index in [4.69, 9.17) is 14.7 Å². The topological polar surface area (TPSA) is 162 Å². The maximum atomic E-state index is 15.4. The monoisotopic (exact) mass is 903 g/mol. The molecule has 2 fully saturated rings. The number of fused-ring (bicyclic) bond motifs is 2. The Bertz CT molecular complexity index is 3000. The van der Waals surface area contributed by atoms with Crippen LogP contribution < -0.4 is 21.6 Å². The molecule has 15 nitrogen and oxygen atoms in total. The van der Waals surface area contributed by atoms with Gasteiger partial charge in [-0.05, 0) is 118 Å². The molecule has 2 atom stereocenters. The summed E-state index contributed by atoms with van der Waals surface area (Å²) in [6.45, 7) is 11.0. The summed E-state index contributed by atoms with van der Waals surface area (Å²) in [5.74, 6) is 0.748. The Balaban J connectivity index is 1.10. The maximum Gasteiger partial charge on any atom is 0.338 e. The number of ether oxygens (including phenoxy) is 1. The molecule has 1 unspecified atom stereocenters. The van der Waals surface area contributed by atoms with Crippen LogP contribution in [-0.2, 0) is 26.1 Å². The highest BCUT2D eigenvalue weighted by molar-refractivity contribution is 7.71. The summed E-state index contributed by atoms with van der Waals surface area (Å²) in [7, 11) is -0.862. The van der Waals surface area contributed by atoms with Crippen molar-refractivity contribution in [1.82, 2.24) is 33.7 Å². The maximum absolute atomic E-state index is 15.4. The molecule has 3 N–H and O–H groups in total. The number of hydrogen-bond acceptors (Lipinski definition) is 10. The summed E-state index contributed by atoms with van der Waals surface area (Å²) in [4.78, 5) is 37.3. The molecule has 10 rings (SSSR count). The highest BCUT2D eigenvalue weighted by Gasteiger charge is 2.54. The molecule has 1 saturated heterocycles. The second-order valence-corrected chi connectivity index (χ2v) is 21.4. The number of aromatic nitrogens is 5. The van der Waals surface area contributed by atoms with Crippen LogP contribution in [0.15, 0.2) is 76.9 Å². The number of aliphatic hydroxyl groups excluding tert-OH is 1. The summed E-state index contributed by atoms with van der Waals surface area (Å²) >= 11 is 0. The summed E-state index contributed by atoms with van der Waals surface area (Å²) in [5, 5.41) is 27.5. The van der Waals surface area contributed by atoms with E-state index in [0.717, 1.165) is 34.7 Å². The van der Waals surface area contributed by atoms with Crippen molar-refractivity contribution in [3.05, 3.63) is 117 Å². The smallest absolute Gasteiger partial charge is 0.338 e. The number of amidine groups is 1. The van der Waals surface area contributed by atoms with Crippen molar-refractivity contribution >= 4 is 40.8 Å². The van der Waals surface area contributed by atoms with Gasteiger partial charge in [-0.25, -0.2) is 13.9 Å². The Labute approximate surface area is 376 Å². The predicted octanol–water partition coefficient (Wildman–Crippen LogP) is 6.95. The standard InChI is InChI=1S/C48H55FN9O6P/c1-7-65(62,8-2)40-12-10-34(27-37(40)50-6)55-19-20-56(47(55)61)43-41-30(5)54(18-13-36(41)52-58(43)35-23-28(3)42(49)29(4)24-35)44(59)39-26-33-25-32(31-14-21-63-22-15-31)9-11-38(33)57(39)48(16-17-48)45-51-46(60)64-53-45/h9-12,19-20,23-27,30-31,46,50,60H,7-8,13-18,21-22H2,1-6H3,(H,51,53)/t30-,46?/m0/s1. The molecule has 340 valence electrons. The molecule has 6 heterocycles. The number of anilines is 1. The summed E-state index contributed by atoms with van der Waals surface area (Å²) in [6.07, 6.45) is 6.77. The minimum absolute atomic E-state index is 0.202. The van der Waals surface area contributed by atoms with Gasteiger partial charge in [0.25, 0.3) is 5.91 Å². The molecular formula is C48H55FN9O6P. The number of amides is 1. The van der Waals surface area contributed by atoms with E-state index < -0.39 is 25.1 Å². The molecule has 1 saturated carbocycles. The first kappa shape index (κ1) is 43.0. The Kier molecular flexibility index (Phi) is 10.7. The number of aliphatic hydroxyl groups is 1. The Morgan fingerprint density at radius 3 is 2.38 bits per heavy atom. The molecule has 17 heteroatoms. The van der Waals surface area contributed by atoms with Gasteiger partial charge in [0, 0.05) is 85.4 Å². The van der Waals surface area contributed by atoms with Crippen molar-refractivity contribution in [2.75, 3.05) is 44.4 Å². The first-order valence-corrected chi connectivity index (χ1v) is 24.7. The number of aryl methyl sites for hydroxylation is 2. The zero-order valence-corrected chi connectivity index (χ0v) is 38.5. The lowest BCUT2D eigenvalue weighted by atomic mass is 9.91. The normalized spacial score (nSPS) is 19.5. The largest absolute Gasteiger partial charge is 0.387 e. The molecule has 3 aliphatic heterocycles. The summed E-state index contributed by atoms with van der Waals surface area (Å²) in [5.41, 5.74) is 5.61. The molecule has 0 spiro atoms. The van der Waals surface area contributed by atoms with Gasteiger partial charge in [-0.1, -0.05) is 25.1 Å². The molecule has 3 aromatic heterocycles. The van der Waals surface area contributed by atoms with E-state index in [0.29, 0.717) is 108 Å². The Morgan fingerprint density at radius 1 is 1.00 bits per heavy atom. The zero-order valence-electron chi connectivity index (χ0n) is 37.6. The van der Waals surface area contributed by atoms with E-state index in [1.807, 2.05) is 49.9 Å². The molecule has 1 aliphatic carbocycles. The minimum Gasteiger partial charge on any atom is -0.387 e. The number of rotatable bonds is 11. The van der Waals surface area contributed by atoms with E-state index in [1.54, 1.807) is 54.7 Å². The molecule has 1 amide bonds. The fourth-order valence-corrected chi connectivity index (χ4v) is 12.5. The van der Waals surface area contributed by atoms with Gasteiger partial charge < -0.3 is 39.3 Å². The van der Waals surface area contributed by atoms with Crippen molar-refractivity contribution in [3.63, 3.8) is 0 Å². The highest BCUT2D eigenvalue weighted by atomic mass is 31.2. The molecule has 3 aromatic carbocycles. The van der Waals surface area contributed by atoms with Gasteiger partial charge >= 0.3 is 12.1 Å². The number of carbonyl (C=O) groups excluding carboxylic acids is 1. The lowest BCUT2D eigenvalue weighted by Gasteiger charge is -2.34. The number of hydrogen-bond donors (Lipinski definition) is 3. The van der Waals surface area contributed by atoms with Gasteiger partial charge in [-0.15, -0.1) is 0 Å². The van der Waals surface area contributed by atoms with Gasteiger partial charge in [0.05, 0.1) is 23.1 Å². The van der Waals surface area contributed by atoms with Crippen LogP contribution in [-0.4, -0.2) is 90.8 Å². The predicted molar refractivity (Wildman–Crippen MR) is 249 cm³/mol. The number of benzene rings is 3. The molecule has 65 heavy (non-hydrogen) atoms. The average Bonchev–Trinajstić information content (AvgIpc) is 3.60. The first-order chi connectivity index (χ1) is 31.3. The molecular weight excluding hydrogens is 849 g/mol. The number of halogens is 1. The number of nitrogens with one attached hydrogen (secondary N) is 2. The van der Waals surface area contributed by atoms with Crippen molar-refractivity contribution in [1.29, 1.82) is 0 Å². The Morgan fingerprint density at radius 2 is 1.72 bits per heavy atom. The van der Waals surface area contributed by atoms with Crippen LogP contribution in [0.25, 0.3) is 28.1 Å². The summed E-state index contributed by atoms with van der Waals surface area (Å²) in [6, 6.07) is 16.8. The third kappa shape index (κ3) is 6.94. The van der Waals surface area contributed by atoms with Crippen molar-refractivity contribution in [2.45, 2.75) is 90.6 Å². The van der Waals surface area contributed by atoms with Gasteiger partial charge in [-0.3, -0.25) is 13.9 Å². The van der Waals surface area contributed by atoms with Gasteiger partial charge in [-0.2, -0.15) is 5.10 Å². The van der Waals surface area contributed by atoms with Gasteiger partial charge in [0.1, 0.15) is 30.0 Å². The SMILES string of the molecule is CCP(=O)(CC)c1ccc(-n2ccn(-c3c4c(nn3-c3cc(C)c(F)c(C)c3)CCN(C(=O)c3cc5cc(C6CCOCC6)ccc5n3C3(C5=NOC(O)N5)CC3)[C@H]4C)c2=O)cc1NC. The first-order valence-electron chi connectivity index (χ1n) is 22.6. The van der Waals surface area contributed by atoms with E-state index in [2.05, 4.69) is 38.6 Å². The zero-order chi connectivity index (χ0) is 45.5. The molecule has 4 aliphatic rings. The van der Waals surface area contributed by atoms with Crippen LogP contribution in [0.4, 0.5) is 10.1 Å². The van der Waals surface area contributed by atoms with Crippen LogP contribution in [0.5, 0.6) is 0 Å². The summed E-state index contributed by atoms with van der Waals surface area (Å²) < 4.78 is 41.5. The van der Waals surface area contributed by atoms with Crippen LogP contribution in [0.2, 0.25) is 0 Å². The fraction of sp³-hybridized carbons (Fsp3) is 0.417. The Hall–Kier alpha value is -5.96. The van der Waals surface area contributed by atoms with Crippen molar-refractivity contribution in [3.8, 4) is 17.2 Å². The van der Waals surface area contributed by atoms with Crippen LogP contribution >= 0.6 is 7.14 Å². The number of carbonyl (C=O) groups is 1. The molecule has 0 radical (unpaired) electrons. The average molecular weight is 904 g/mol. The van der Waals surface area contributed by atoms with E-state index in [9.17, 15) is 14.5 Å². The number of oxime groups is 1.